The van der Waals surface area contributed by atoms with Crippen LogP contribution in [0, 0.1) is 11.8 Å². The maximum atomic E-state index is 12.4. The fourth-order valence-electron chi connectivity index (χ4n) is 3.31. The van der Waals surface area contributed by atoms with Crippen LogP contribution >= 0.6 is 0 Å². The molecule has 1 aliphatic carbocycles. The first-order chi connectivity index (χ1) is 13.3. The summed E-state index contributed by atoms with van der Waals surface area (Å²) in [6.07, 6.45) is 2.13. The molecule has 2 aliphatic rings. The summed E-state index contributed by atoms with van der Waals surface area (Å²) in [5.74, 6) is -0.850. The second kappa shape index (κ2) is 8.54. The summed E-state index contributed by atoms with van der Waals surface area (Å²) in [6, 6.07) is 6.61. The number of carbonyl (C=O) groups is 4. The van der Waals surface area contributed by atoms with Crippen LogP contribution in [-0.2, 0) is 19.1 Å². The fraction of sp³-hybridized carbons (Fsp3) is 0.524. The predicted octanol–water partition coefficient (Wildman–Crippen LogP) is 2.41. The molecule has 0 bridgehead atoms. The van der Waals surface area contributed by atoms with Crippen LogP contribution in [0.25, 0.3) is 0 Å². The lowest BCUT2D eigenvalue weighted by Gasteiger charge is -2.31. The molecule has 1 aliphatic heterocycles. The van der Waals surface area contributed by atoms with Gasteiger partial charge in [0.2, 0.25) is 5.91 Å². The lowest BCUT2D eigenvalue weighted by Crippen LogP contribution is -2.42. The van der Waals surface area contributed by atoms with Crippen LogP contribution in [0.3, 0.4) is 0 Å². The largest absolute Gasteiger partial charge is 0.452 e. The number of rotatable bonds is 6. The molecule has 1 N–H and O–H groups in total. The Labute approximate surface area is 164 Å². The minimum absolute atomic E-state index is 0.0953. The van der Waals surface area contributed by atoms with Crippen LogP contribution in [0.5, 0.6) is 0 Å². The van der Waals surface area contributed by atoms with Crippen LogP contribution in [0.15, 0.2) is 24.3 Å². The molecular formula is C21H26N2O5. The van der Waals surface area contributed by atoms with E-state index in [4.69, 9.17) is 4.74 Å². The first-order valence-corrected chi connectivity index (χ1v) is 9.76. The summed E-state index contributed by atoms with van der Waals surface area (Å²) in [4.78, 5) is 50.0. The highest BCUT2D eigenvalue weighted by atomic mass is 16.5. The molecule has 2 amide bonds. The average Bonchev–Trinajstić information content (AvgIpc) is 3.53. The number of amides is 2. The molecule has 3 rings (SSSR count). The van der Waals surface area contributed by atoms with Gasteiger partial charge in [0, 0.05) is 30.3 Å². The van der Waals surface area contributed by atoms with Gasteiger partial charge in [-0.1, -0.05) is 12.1 Å². The smallest absolute Gasteiger partial charge is 0.309 e. The van der Waals surface area contributed by atoms with Crippen molar-refractivity contribution in [1.29, 1.82) is 0 Å². The Morgan fingerprint density at radius 2 is 1.75 bits per heavy atom. The molecule has 1 heterocycles. The Hall–Kier alpha value is -2.70. The summed E-state index contributed by atoms with van der Waals surface area (Å²) in [5, 5.41) is 2.67. The molecule has 0 spiro atoms. The van der Waals surface area contributed by atoms with Crippen LogP contribution in [-0.4, -0.2) is 47.7 Å². The van der Waals surface area contributed by atoms with Gasteiger partial charge in [0.15, 0.2) is 11.9 Å². The molecule has 2 fully saturated rings. The number of ketones is 1. The molecule has 0 radical (unpaired) electrons. The van der Waals surface area contributed by atoms with E-state index in [1.165, 1.54) is 13.8 Å². The second-order valence-corrected chi connectivity index (χ2v) is 7.58. The van der Waals surface area contributed by atoms with Crippen molar-refractivity contribution in [2.75, 3.05) is 18.4 Å². The Morgan fingerprint density at radius 1 is 1.07 bits per heavy atom. The number of carbonyl (C=O) groups excluding carboxylic acids is 4. The number of likely N-dealkylation sites (tertiary alicyclic amines) is 1. The zero-order valence-corrected chi connectivity index (χ0v) is 16.3. The fourth-order valence-corrected chi connectivity index (χ4v) is 3.31. The molecule has 150 valence electrons. The topological polar surface area (TPSA) is 92.8 Å². The highest BCUT2D eigenvalue weighted by Gasteiger charge is 2.36. The zero-order chi connectivity index (χ0) is 20.3. The van der Waals surface area contributed by atoms with Crippen molar-refractivity contribution in [2.45, 2.75) is 45.6 Å². The van der Waals surface area contributed by atoms with Gasteiger partial charge in [-0.05, 0) is 51.7 Å². The van der Waals surface area contributed by atoms with E-state index in [-0.39, 0.29) is 23.5 Å². The number of esters is 1. The molecular weight excluding hydrogens is 360 g/mol. The minimum Gasteiger partial charge on any atom is -0.452 e. The van der Waals surface area contributed by atoms with Gasteiger partial charge in [0.1, 0.15) is 0 Å². The summed E-state index contributed by atoms with van der Waals surface area (Å²) in [7, 11) is 0. The second-order valence-electron chi connectivity index (χ2n) is 7.58. The quantitative estimate of drug-likeness (QED) is 0.599. The number of piperidine rings is 1. The molecule has 1 aromatic rings. The number of benzene rings is 1. The average molecular weight is 386 g/mol. The number of anilines is 1. The van der Waals surface area contributed by atoms with E-state index >= 15 is 0 Å². The van der Waals surface area contributed by atoms with Gasteiger partial charge in [0.05, 0.1) is 5.92 Å². The third kappa shape index (κ3) is 4.97. The monoisotopic (exact) mass is 386 g/mol. The van der Waals surface area contributed by atoms with Crippen LogP contribution < -0.4 is 5.32 Å². The number of Topliss-reactive ketones (excluding diaryl/α,β-unsaturated/α-hetero) is 1. The minimum atomic E-state index is -0.945. The van der Waals surface area contributed by atoms with Crippen molar-refractivity contribution < 1.29 is 23.9 Å². The maximum absolute atomic E-state index is 12.4. The summed E-state index contributed by atoms with van der Waals surface area (Å²) < 4.78 is 5.34. The molecule has 1 saturated carbocycles. The molecule has 1 atom stereocenters. The van der Waals surface area contributed by atoms with Crippen molar-refractivity contribution in [3.8, 4) is 0 Å². The van der Waals surface area contributed by atoms with E-state index in [9.17, 15) is 19.2 Å². The van der Waals surface area contributed by atoms with E-state index in [1.807, 2.05) is 4.90 Å². The lowest BCUT2D eigenvalue weighted by molar-refractivity contribution is -0.159. The zero-order valence-electron chi connectivity index (χ0n) is 16.3. The van der Waals surface area contributed by atoms with Gasteiger partial charge in [0.25, 0.3) is 5.91 Å². The Bertz CT molecular complexity index is 779. The highest BCUT2D eigenvalue weighted by Crippen LogP contribution is 2.32. The molecule has 1 aromatic carbocycles. The number of nitrogens with one attached hydrogen (secondary N) is 1. The lowest BCUT2D eigenvalue weighted by atomic mass is 9.96. The van der Waals surface area contributed by atoms with Crippen LogP contribution in [0.1, 0.15) is 49.9 Å². The molecule has 7 nitrogen and oxygen atoms in total. The molecule has 1 unspecified atom stereocenters. The van der Waals surface area contributed by atoms with E-state index in [2.05, 4.69) is 5.32 Å². The number of hydrogen-bond donors (Lipinski definition) is 1. The van der Waals surface area contributed by atoms with Gasteiger partial charge in [-0.2, -0.15) is 0 Å². The van der Waals surface area contributed by atoms with Gasteiger partial charge >= 0.3 is 5.97 Å². The van der Waals surface area contributed by atoms with Crippen molar-refractivity contribution in [1.82, 2.24) is 4.90 Å². The van der Waals surface area contributed by atoms with Crippen molar-refractivity contribution in [3.63, 3.8) is 0 Å². The third-order valence-electron chi connectivity index (χ3n) is 5.27. The van der Waals surface area contributed by atoms with E-state index in [0.29, 0.717) is 37.2 Å². The van der Waals surface area contributed by atoms with Crippen molar-refractivity contribution >= 4 is 29.3 Å². The molecule has 28 heavy (non-hydrogen) atoms. The number of ether oxygens (including phenoxy) is 1. The number of nitrogens with zero attached hydrogens (tertiary/aromatic N) is 1. The highest BCUT2D eigenvalue weighted by molar-refractivity contribution is 5.98. The summed E-state index contributed by atoms with van der Waals surface area (Å²) in [5.41, 5.74) is 0.974. The van der Waals surface area contributed by atoms with E-state index in [1.54, 1.807) is 24.3 Å². The van der Waals surface area contributed by atoms with Gasteiger partial charge < -0.3 is 15.0 Å². The van der Waals surface area contributed by atoms with Gasteiger partial charge in [-0.3, -0.25) is 19.2 Å². The summed E-state index contributed by atoms with van der Waals surface area (Å²) >= 11 is 0. The maximum Gasteiger partial charge on any atom is 0.309 e. The summed E-state index contributed by atoms with van der Waals surface area (Å²) in [6.45, 7) is 4.10. The Kier molecular flexibility index (Phi) is 6.11. The van der Waals surface area contributed by atoms with Crippen molar-refractivity contribution in [2.24, 2.45) is 11.8 Å². The first kappa shape index (κ1) is 20.0. The van der Waals surface area contributed by atoms with Gasteiger partial charge in [-0.15, -0.1) is 0 Å². The third-order valence-corrected chi connectivity index (χ3v) is 5.27. The molecule has 0 aromatic heterocycles. The number of hydrogen-bond acceptors (Lipinski definition) is 5. The normalized spacial score (nSPS) is 18.3. The SMILES string of the molecule is CC(=O)c1cccc(NC(=O)C(C)OC(=O)C2CCN(C(=O)C3CC3)CC2)c1. The van der Waals surface area contributed by atoms with Crippen LogP contribution in [0.4, 0.5) is 5.69 Å². The Morgan fingerprint density at radius 3 is 2.36 bits per heavy atom. The van der Waals surface area contributed by atoms with E-state index in [0.717, 1.165) is 12.8 Å². The van der Waals surface area contributed by atoms with Crippen LogP contribution in [0.2, 0.25) is 0 Å². The first-order valence-electron chi connectivity index (χ1n) is 9.76. The standard InChI is InChI=1S/C21H26N2O5/c1-13(24)17-4-3-5-18(12-17)22-19(25)14(2)28-21(27)16-8-10-23(11-9-16)20(26)15-6-7-15/h3-5,12,14-16H,6-11H2,1-2H3,(H,22,25). The van der Waals surface area contributed by atoms with Crippen molar-refractivity contribution in [3.05, 3.63) is 29.8 Å². The predicted molar refractivity (Wildman–Crippen MR) is 103 cm³/mol. The Balaban J connectivity index is 1.47. The van der Waals surface area contributed by atoms with Gasteiger partial charge in [-0.25, -0.2) is 0 Å². The van der Waals surface area contributed by atoms with E-state index < -0.39 is 18.0 Å². The molecule has 7 heteroatoms. The molecule has 1 saturated heterocycles.